The summed E-state index contributed by atoms with van der Waals surface area (Å²) < 4.78 is 0.998. The molecule has 0 spiro atoms. The van der Waals surface area contributed by atoms with Crippen LogP contribution in [0.3, 0.4) is 0 Å². The molecule has 0 bridgehead atoms. The van der Waals surface area contributed by atoms with Gasteiger partial charge < -0.3 is 10.0 Å². The zero-order chi connectivity index (χ0) is 15.2. The first-order valence-corrected chi connectivity index (χ1v) is 8.24. The van der Waals surface area contributed by atoms with Crippen LogP contribution in [-0.2, 0) is 11.3 Å². The molecular weight excluding hydrogens is 350 g/mol. The highest BCUT2D eigenvalue weighted by molar-refractivity contribution is 9.10. The number of phenols is 1. The summed E-state index contributed by atoms with van der Waals surface area (Å²) in [5.41, 5.74) is 1.07. The molecule has 21 heavy (non-hydrogen) atoms. The topological polar surface area (TPSA) is 40.5 Å². The van der Waals surface area contributed by atoms with Gasteiger partial charge in [-0.1, -0.05) is 46.3 Å². The van der Waals surface area contributed by atoms with Gasteiger partial charge in [0.1, 0.15) is 5.75 Å². The lowest BCUT2D eigenvalue weighted by molar-refractivity contribution is -0.127. The largest absolute Gasteiger partial charge is 0.507 e. The number of benzene rings is 2. The van der Waals surface area contributed by atoms with Crippen LogP contribution < -0.4 is 0 Å². The summed E-state index contributed by atoms with van der Waals surface area (Å²) in [6.07, 6.45) is 0. The summed E-state index contributed by atoms with van der Waals surface area (Å²) in [4.78, 5) is 14.6. The van der Waals surface area contributed by atoms with Gasteiger partial charge >= 0.3 is 0 Å². The predicted molar refractivity (Wildman–Crippen MR) is 89.4 cm³/mol. The number of phenolic OH excluding ortho intramolecular Hbond substituents is 1. The van der Waals surface area contributed by atoms with E-state index in [0.29, 0.717) is 12.3 Å². The Balaban J connectivity index is 1.91. The molecule has 5 heteroatoms. The van der Waals surface area contributed by atoms with Crippen LogP contribution in [0.4, 0.5) is 0 Å². The van der Waals surface area contributed by atoms with Crippen molar-refractivity contribution in [1.29, 1.82) is 0 Å². The molecule has 0 aliphatic heterocycles. The second-order valence-electron chi connectivity index (χ2n) is 4.60. The van der Waals surface area contributed by atoms with Crippen molar-refractivity contribution in [3.63, 3.8) is 0 Å². The quantitative estimate of drug-likeness (QED) is 0.816. The summed E-state index contributed by atoms with van der Waals surface area (Å²) in [6, 6.07) is 14.9. The SMILES string of the molecule is CN(Cc1ccccc1Br)C(=O)CSc1ccccc1O. The number of hydrogen-bond donors (Lipinski definition) is 1. The van der Waals surface area contributed by atoms with Gasteiger partial charge in [0.25, 0.3) is 0 Å². The van der Waals surface area contributed by atoms with Crippen molar-refractivity contribution in [2.45, 2.75) is 11.4 Å². The number of carbonyl (C=O) groups is 1. The number of carbonyl (C=O) groups excluding carboxylic acids is 1. The van der Waals surface area contributed by atoms with Crippen LogP contribution in [0.2, 0.25) is 0 Å². The molecule has 2 rings (SSSR count). The third-order valence-corrected chi connectivity index (χ3v) is 4.83. The molecule has 3 nitrogen and oxygen atoms in total. The summed E-state index contributed by atoms with van der Waals surface area (Å²) in [6.45, 7) is 0.557. The van der Waals surface area contributed by atoms with Gasteiger partial charge in [-0.25, -0.2) is 0 Å². The molecule has 0 aliphatic rings. The Morgan fingerprint density at radius 3 is 2.57 bits per heavy atom. The molecule has 0 radical (unpaired) electrons. The zero-order valence-electron chi connectivity index (χ0n) is 11.6. The van der Waals surface area contributed by atoms with E-state index in [2.05, 4.69) is 15.9 Å². The van der Waals surface area contributed by atoms with Crippen molar-refractivity contribution >= 4 is 33.6 Å². The molecule has 0 atom stereocenters. The number of rotatable bonds is 5. The van der Waals surface area contributed by atoms with E-state index in [1.165, 1.54) is 11.8 Å². The minimum absolute atomic E-state index is 0.0269. The van der Waals surface area contributed by atoms with Gasteiger partial charge in [-0.15, -0.1) is 11.8 Å². The number of hydrogen-bond acceptors (Lipinski definition) is 3. The fraction of sp³-hybridized carbons (Fsp3) is 0.188. The lowest BCUT2D eigenvalue weighted by Gasteiger charge is -2.18. The van der Waals surface area contributed by atoms with Gasteiger partial charge in [0.05, 0.1) is 5.75 Å². The Hall–Kier alpha value is -1.46. The third-order valence-electron chi connectivity index (χ3n) is 3.01. The Morgan fingerprint density at radius 2 is 1.86 bits per heavy atom. The molecule has 0 fully saturated rings. The van der Waals surface area contributed by atoms with Gasteiger partial charge in [0, 0.05) is 23.0 Å². The smallest absolute Gasteiger partial charge is 0.232 e. The van der Waals surface area contributed by atoms with Gasteiger partial charge in [0.2, 0.25) is 5.91 Å². The molecule has 0 aromatic heterocycles. The summed E-state index contributed by atoms with van der Waals surface area (Å²) in [5.74, 6) is 0.543. The minimum Gasteiger partial charge on any atom is -0.507 e. The number of thioether (sulfide) groups is 1. The predicted octanol–water partition coefficient (Wildman–Crippen LogP) is 3.91. The second-order valence-corrected chi connectivity index (χ2v) is 6.47. The minimum atomic E-state index is 0.0269. The molecule has 0 unspecified atom stereocenters. The van der Waals surface area contributed by atoms with Crippen molar-refractivity contribution in [3.8, 4) is 5.75 Å². The van der Waals surface area contributed by atoms with Crippen LogP contribution in [0.15, 0.2) is 57.9 Å². The molecule has 2 aromatic carbocycles. The maximum absolute atomic E-state index is 12.2. The lowest BCUT2D eigenvalue weighted by atomic mass is 10.2. The average Bonchev–Trinajstić information content (AvgIpc) is 2.48. The van der Waals surface area contributed by atoms with E-state index in [4.69, 9.17) is 0 Å². The van der Waals surface area contributed by atoms with Crippen molar-refractivity contribution in [1.82, 2.24) is 4.90 Å². The van der Waals surface area contributed by atoms with Gasteiger partial charge in [-0.3, -0.25) is 4.79 Å². The number of para-hydroxylation sites is 1. The maximum Gasteiger partial charge on any atom is 0.232 e. The molecular formula is C16H16BrNO2S. The first-order chi connectivity index (χ1) is 10.1. The first kappa shape index (κ1) is 15.9. The molecule has 2 aromatic rings. The molecule has 1 amide bonds. The Bertz CT molecular complexity index is 633. The van der Waals surface area contributed by atoms with Crippen LogP contribution in [0.1, 0.15) is 5.56 Å². The molecule has 0 saturated carbocycles. The normalized spacial score (nSPS) is 10.4. The zero-order valence-corrected chi connectivity index (χ0v) is 14.0. The second kappa shape index (κ2) is 7.52. The number of aromatic hydroxyl groups is 1. The summed E-state index contributed by atoms with van der Waals surface area (Å²) in [7, 11) is 1.78. The van der Waals surface area contributed by atoms with E-state index < -0.39 is 0 Å². The lowest BCUT2D eigenvalue weighted by Crippen LogP contribution is -2.27. The van der Waals surface area contributed by atoms with Gasteiger partial charge in [-0.2, -0.15) is 0 Å². The van der Waals surface area contributed by atoms with E-state index in [-0.39, 0.29) is 11.7 Å². The van der Waals surface area contributed by atoms with Crippen LogP contribution in [0, 0.1) is 0 Å². The average molecular weight is 366 g/mol. The van der Waals surface area contributed by atoms with E-state index >= 15 is 0 Å². The van der Waals surface area contributed by atoms with E-state index in [0.717, 1.165) is 14.9 Å². The van der Waals surface area contributed by atoms with Crippen LogP contribution in [0.5, 0.6) is 5.75 Å². The van der Waals surface area contributed by atoms with Crippen molar-refractivity contribution < 1.29 is 9.90 Å². The highest BCUT2D eigenvalue weighted by Crippen LogP contribution is 2.27. The van der Waals surface area contributed by atoms with Crippen LogP contribution >= 0.6 is 27.7 Å². The number of halogens is 1. The summed E-state index contributed by atoms with van der Waals surface area (Å²) in [5, 5.41) is 9.68. The maximum atomic E-state index is 12.2. The molecule has 1 N–H and O–H groups in total. The Morgan fingerprint density at radius 1 is 1.19 bits per heavy atom. The van der Waals surface area contributed by atoms with Gasteiger partial charge in [0.15, 0.2) is 0 Å². The fourth-order valence-electron chi connectivity index (χ4n) is 1.80. The number of amides is 1. The van der Waals surface area contributed by atoms with Crippen LogP contribution in [0.25, 0.3) is 0 Å². The highest BCUT2D eigenvalue weighted by atomic mass is 79.9. The third kappa shape index (κ3) is 4.51. The van der Waals surface area contributed by atoms with Crippen molar-refractivity contribution in [3.05, 3.63) is 58.6 Å². The Kier molecular flexibility index (Phi) is 5.70. The monoisotopic (exact) mass is 365 g/mol. The highest BCUT2D eigenvalue weighted by Gasteiger charge is 2.12. The van der Waals surface area contributed by atoms with Crippen LogP contribution in [-0.4, -0.2) is 28.7 Å². The number of nitrogens with zero attached hydrogens (tertiary/aromatic N) is 1. The first-order valence-electron chi connectivity index (χ1n) is 6.46. The fourth-order valence-corrected chi connectivity index (χ4v) is 3.10. The molecule has 0 aliphatic carbocycles. The summed E-state index contributed by atoms with van der Waals surface area (Å²) >= 11 is 4.83. The van der Waals surface area contributed by atoms with E-state index in [9.17, 15) is 9.90 Å². The standard InChI is InChI=1S/C16H16BrNO2S/c1-18(10-12-6-2-3-7-13(12)17)16(20)11-21-15-9-5-4-8-14(15)19/h2-9,19H,10-11H2,1H3. The molecule has 0 saturated heterocycles. The Labute approximate surface area is 137 Å². The molecule has 110 valence electrons. The van der Waals surface area contributed by atoms with Gasteiger partial charge in [-0.05, 0) is 23.8 Å². The van der Waals surface area contributed by atoms with E-state index in [1.54, 1.807) is 30.1 Å². The molecule has 0 heterocycles. The van der Waals surface area contributed by atoms with Crippen molar-refractivity contribution in [2.75, 3.05) is 12.8 Å². The van der Waals surface area contributed by atoms with Crippen molar-refractivity contribution in [2.24, 2.45) is 0 Å². The van der Waals surface area contributed by atoms with E-state index in [1.807, 2.05) is 30.3 Å².